The van der Waals surface area contributed by atoms with Crippen molar-refractivity contribution in [1.29, 1.82) is 0 Å². The molecule has 1 aliphatic rings. The molecule has 0 saturated heterocycles. The highest BCUT2D eigenvalue weighted by Crippen LogP contribution is 2.36. The monoisotopic (exact) mass is 400 g/mol. The van der Waals surface area contributed by atoms with Crippen LogP contribution >= 0.6 is 0 Å². The Labute approximate surface area is 164 Å². The lowest BCUT2D eigenvalue weighted by Gasteiger charge is -2.42. The van der Waals surface area contributed by atoms with Gasteiger partial charge in [0, 0.05) is 10.9 Å². The number of aromatic amines is 1. The van der Waals surface area contributed by atoms with Crippen molar-refractivity contribution in [3.05, 3.63) is 41.5 Å². The van der Waals surface area contributed by atoms with E-state index in [4.69, 9.17) is 5.73 Å². The van der Waals surface area contributed by atoms with Gasteiger partial charge in [0.2, 0.25) is 10.0 Å². The molecule has 8 heteroatoms. The Kier molecular flexibility index (Phi) is 4.26. The molecule has 7 nitrogen and oxygen atoms in total. The Morgan fingerprint density at radius 2 is 1.89 bits per heavy atom. The molecule has 148 valence electrons. The fourth-order valence-corrected chi connectivity index (χ4v) is 5.67. The lowest BCUT2D eigenvalue weighted by Crippen LogP contribution is -2.57. The van der Waals surface area contributed by atoms with Crippen molar-refractivity contribution in [3.63, 3.8) is 0 Å². The van der Waals surface area contributed by atoms with Crippen LogP contribution in [0.4, 0.5) is 5.82 Å². The quantitative estimate of drug-likeness (QED) is 0.536. The predicted molar refractivity (Wildman–Crippen MR) is 109 cm³/mol. The van der Waals surface area contributed by atoms with Crippen molar-refractivity contribution in [1.82, 2.24) is 14.9 Å². The summed E-state index contributed by atoms with van der Waals surface area (Å²) in [5, 5.41) is 17.4. The maximum absolute atomic E-state index is 12.8. The van der Waals surface area contributed by atoms with Crippen LogP contribution in [0.3, 0.4) is 0 Å². The van der Waals surface area contributed by atoms with Crippen molar-refractivity contribution >= 4 is 26.7 Å². The molecule has 1 aromatic heterocycles. The number of aliphatic hydroxyl groups excluding tert-OH is 1. The van der Waals surface area contributed by atoms with Gasteiger partial charge in [-0.15, -0.1) is 0 Å². The molecule has 0 aliphatic heterocycles. The van der Waals surface area contributed by atoms with Crippen LogP contribution in [0, 0.1) is 13.8 Å². The van der Waals surface area contributed by atoms with Crippen LogP contribution in [0.25, 0.3) is 22.0 Å². The molecule has 1 fully saturated rings. The number of aromatic nitrogens is 2. The van der Waals surface area contributed by atoms with E-state index in [0.717, 1.165) is 33.2 Å². The Morgan fingerprint density at radius 3 is 2.54 bits per heavy atom. The molecule has 0 amide bonds. The number of nitrogens with zero attached hydrogens (tertiary/aromatic N) is 1. The fraction of sp³-hybridized carbons (Fsp3) is 0.350. The third-order valence-corrected chi connectivity index (χ3v) is 7.21. The van der Waals surface area contributed by atoms with Crippen molar-refractivity contribution in [2.45, 2.75) is 50.2 Å². The molecular formula is C20H24N4O3S. The Bertz CT molecular complexity index is 1180. The molecule has 0 spiro atoms. The number of hydrogen-bond acceptors (Lipinski definition) is 5. The first-order valence-electron chi connectivity index (χ1n) is 9.16. The lowest BCUT2D eigenvalue weighted by atomic mass is 9.77. The molecule has 0 radical (unpaired) electrons. The first-order valence-corrected chi connectivity index (χ1v) is 10.6. The molecule has 0 bridgehead atoms. The third kappa shape index (κ3) is 3.07. The van der Waals surface area contributed by atoms with Gasteiger partial charge in [-0.25, -0.2) is 13.1 Å². The second kappa shape index (κ2) is 6.30. The van der Waals surface area contributed by atoms with E-state index in [2.05, 4.69) is 14.9 Å². The highest BCUT2D eigenvalue weighted by atomic mass is 32.2. The number of nitrogen functional groups attached to an aromatic ring is 1. The van der Waals surface area contributed by atoms with E-state index in [0.29, 0.717) is 18.7 Å². The summed E-state index contributed by atoms with van der Waals surface area (Å²) in [6.07, 6.45) is 0.411. The summed E-state index contributed by atoms with van der Waals surface area (Å²) in [6, 6.07) is 9.03. The molecule has 1 aliphatic carbocycles. The van der Waals surface area contributed by atoms with Gasteiger partial charge in [-0.1, -0.05) is 12.1 Å². The van der Waals surface area contributed by atoms with Crippen molar-refractivity contribution in [3.8, 4) is 11.1 Å². The van der Waals surface area contributed by atoms with E-state index in [1.54, 1.807) is 12.1 Å². The first kappa shape index (κ1) is 18.9. The minimum Gasteiger partial charge on any atom is -0.393 e. The van der Waals surface area contributed by atoms with Crippen molar-refractivity contribution in [2.75, 3.05) is 5.73 Å². The van der Waals surface area contributed by atoms with E-state index < -0.39 is 21.7 Å². The van der Waals surface area contributed by atoms with E-state index >= 15 is 0 Å². The molecular weight excluding hydrogens is 376 g/mol. The summed E-state index contributed by atoms with van der Waals surface area (Å²) in [7, 11) is -3.66. The van der Waals surface area contributed by atoms with Crippen molar-refractivity contribution < 1.29 is 13.5 Å². The molecule has 0 atom stereocenters. The zero-order valence-corrected chi connectivity index (χ0v) is 16.9. The molecule has 28 heavy (non-hydrogen) atoms. The highest BCUT2D eigenvalue weighted by Gasteiger charge is 2.42. The fourth-order valence-electron chi connectivity index (χ4n) is 4.16. The second-order valence-corrected chi connectivity index (χ2v) is 9.66. The zero-order chi connectivity index (χ0) is 20.3. The third-order valence-electron chi connectivity index (χ3n) is 5.57. The number of sulfonamides is 1. The Morgan fingerprint density at radius 1 is 1.21 bits per heavy atom. The highest BCUT2D eigenvalue weighted by molar-refractivity contribution is 7.89. The molecule has 1 heterocycles. The van der Waals surface area contributed by atoms with Gasteiger partial charge < -0.3 is 10.8 Å². The maximum Gasteiger partial charge on any atom is 0.241 e. The number of fused-ring (bicyclic) bond motifs is 1. The topological polar surface area (TPSA) is 121 Å². The largest absolute Gasteiger partial charge is 0.393 e. The number of anilines is 1. The maximum atomic E-state index is 12.8. The normalized spacial score (nSPS) is 22.4. The number of benzene rings is 2. The minimum atomic E-state index is -3.66. The van der Waals surface area contributed by atoms with Crippen molar-refractivity contribution in [2.24, 2.45) is 0 Å². The van der Waals surface area contributed by atoms with Crippen LogP contribution in [0.15, 0.2) is 35.2 Å². The molecule has 3 aromatic rings. The summed E-state index contributed by atoms with van der Waals surface area (Å²) in [5.41, 5.74) is 10.0. The average Bonchev–Trinajstić information content (AvgIpc) is 2.96. The minimum absolute atomic E-state index is 0.220. The van der Waals surface area contributed by atoms with Gasteiger partial charge in [-0.2, -0.15) is 5.10 Å². The summed E-state index contributed by atoms with van der Waals surface area (Å²) in [6.45, 7) is 5.69. The second-order valence-electron chi connectivity index (χ2n) is 7.97. The van der Waals surface area contributed by atoms with Gasteiger partial charge in [0.05, 0.1) is 16.5 Å². The van der Waals surface area contributed by atoms with E-state index in [1.807, 2.05) is 39.0 Å². The Balaban J connectivity index is 1.71. The number of nitrogens with two attached hydrogens (primary N) is 1. The lowest BCUT2D eigenvalue weighted by molar-refractivity contribution is 0.0238. The van der Waals surface area contributed by atoms with E-state index in [1.165, 1.54) is 0 Å². The van der Waals surface area contributed by atoms with Crippen LogP contribution in [0.1, 0.15) is 30.9 Å². The Hall–Kier alpha value is -2.42. The van der Waals surface area contributed by atoms with E-state index in [9.17, 15) is 13.5 Å². The van der Waals surface area contributed by atoms with Crippen LogP contribution in [0.5, 0.6) is 0 Å². The van der Waals surface area contributed by atoms with Crippen LogP contribution in [-0.4, -0.2) is 35.4 Å². The van der Waals surface area contributed by atoms with Gasteiger partial charge in [-0.3, -0.25) is 5.10 Å². The molecule has 2 aromatic carbocycles. The number of nitrogens with one attached hydrogen (secondary N) is 2. The first-order chi connectivity index (χ1) is 13.1. The van der Waals surface area contributed by atoms with E-state index in [-0.39, 0.29) is 4.90 Å². The molecule has 4 rings (SSSR count). The number of aliphatic hydroxyl groups is 1. The van der Waals surface area contributed by atoms with Gasteiger partial charge in [-0.05, 0) is 74.1 Å². The molecule has 5 N–H and O–H groups in total. The summed E-state index contributed by atoms with van der Waals surface area (Å²) in [4.78, 5) is 0.220. The molecule has 1 saturated carbocycles. The summed E-state index contributed by atoms with van der Waals surface area (Å²) >= 11 is 0. The number of hydrogen-bond donors (Lipinski definition) is 4. The standard InChI is InChI=1S/C20H24N4O3S/c1-11-8-14(28(26,27)24-20(3)9-13(25)10-20)4-5-15(11)16-6-7-17-18(12(16)2)19(21)23-22-17/h4-8,13,24-25H,9-10H2,1-3H3,(H3,21,22,23). The van der Waals surface area contributed by atoms with Crippen LogP contribution < -0.4 is 10.5 Å². The molecule has 0 unspecified atom stereocenters. The van der Waals surface area contributed by atoms with Gasteiger partial charge in [0.15, 0.2) is 5.82 Å². The summed E-state index contributed by atoms with van der Waals surface area (Å²) < 4.78 is 28.3. The average molecular weight is 401 g/mol. The van der Waals surface area contributed by atoms with Gasteiger partial charge in [0.1, 0.15) is 0 Å². The van der Waals surface area contributed by atoms with Gasteiger partial charge >= 0.3 is 0 Å². The predicted octanol–water partition coefficient (Wildman–Crippen LogP) is 2.62. The zero-order valence-electron chi connectivity index (χ0n) is 16.1. The number of rotatable bonds is 4. The smallest absolute Gasteiger partial charge is 0.241 e. The summed E-state index contributed by atoms with van der Waals surface area (Å²) in [5.74, 6) is 0.450. The SMILES string of the molecule is Cc1cc(S(=O)(=O)NC2(C)CC(O)C2)ccc1-c1ccc2[nH]nc(N)c2c1C. The van der Waals surface area contributed by atoms with Crippen LogP contribution in [-0.2, 0) is 10.0 Å². The van der Waals surface area contributed by atoms with Gasteiger partial charge in [0.25, 0.3) is 0 Å². The van der Waals surface area contributed by atoms with Crippen LogP contribution in [0.2, 0.25) is 0 Å². The number of aryl methyl sites for hydroxylation is 2. The number of H-pyrrole nitrogens is 1.